The summed E-state index contributed by atoms with van der Waals surface area (Å²) in [6.45, 7) is 0. The van der Waals surface area contributed by atoms with Crippen LogP contribution in [0, 0.1) is 0 Å². The van der Waals surface area contributed by atoms with Crippen molar-refractivity contribution >= 4 is 17.4 Å². The van der Waals surface area contributed by atoms with Gasteiger partial charge in [-0.1, -0.05) is 18.2 Å². The maximum absolute atomic E-state index is 11.5. The molecule has 0 amide bonds. The van der Waals surface area contributed by atoms with Crippen molar-refractivity contribution in [2.45, 2.75) is 0 Å². The minimum Gasteiger partial charge on any atom is -0.314 e. The predicted molar refractivity (Wildman–Crippen MR) is 60.8 cm³/mol. The number of carbonyl (C=O) groups is 1. The Morgan fingerprint density at radius 1 is 1.13 bits per heavy atom. The van der Waals surface area contributed by atoms with Crippen LogP contribution in [-0.2, 0) is 0 Å². The average molecular weight is 220 g/mol. The van der Waals surface area contributed by atoms with E-state index in [1.165, 1.54) is 0 Å². The van der Waals surface area contributed by atoms with Gasteiger partial charge in [-0.05, 0) is 24.3 Å². The van der Waals surface area contributed by atoms with E-state index in [0.717, 1.165) is 5.69 Å². The first kappa shape index (κ1) is 9.99. The molecule has 0 aliphatic heterocycles. The van der Waals surface area contributed by atoms with E-state index in [0.29, 0.717) is 5.69 Å². The van der Waals surface area contributed by atoms with Crippen LogP contribution in [0.5, 0.6) is 0 Å². The van der Waals surface area contributed by atoms with Crippen LogP contribution in [0.3, 0.4) is 0 Å². The largest absolute Gasteiger partial charge is 0.314 e. The van der Waals surface area contributed by atoms with Crippen LogP contribution in [0.1, 0.15) is 10.5 Å². The smallest absolute Gasteiger partial charge is 0.194 e. The molecule has 3 heteroatoms. The van der Waals surface area contributed by atoms with Crippen LogP contribution >= 0.6 is 11.6 Å². The number of para-hydroxylation sites is 1. The van der Waals surface area contributed by atoms with Crippen molar-refractivity contribution in [3.63, 3.8) is 0 Å². The zero-order valence-electron chi connectivity index (χ0n) is 8.06. The first-order chi connectivity index (χ1) is 7.33. The van der Waals surface area contributed by atoms with Gasteiger partial charge in [-0.2, -0.15) is 0 Å². The summed E-state index contributed by atoms with van der Waals surface area (Å²) in [4.78, 5) is 11.5. The van der Waals surface area contributed by atoms with E-state index in [4.69, 9.17) is 11.6 Å². The Balaban J connectivity index is 2.46. The summed E-state index contributed by atoms with van der Waals surface area (Å²) in [5.74, 6) is -0.0536. The average Bonchev–Trinajstić information content (AvgIpc) is 2.78. The first-order valence-corrected chi connectivity index (χ1v) is 5.18. The van der Waals surface area contributed by atoms with Gasteiger partial charge in [0.05, 0.1) is 11.6 Å². The summed E-state index contributed by atoms with van der Waals surface area (Å²) in [7, 11) is 0. The zero-order valence-corrected chi connectivity index (χ0v) is 8.82. The molecule has 0 unspecified atom stereocenters. The van der Waals surface area contributed by atoms with E-state index in [1.54, 1.807) is 6.07 Å². The highest BCUT2D eigenvalue weighted by atomic mass is 35.5. The molecule has 2 rings (SSSR count). The second-order valence-electron chi connectivity index (χ2n) is 3.16. The minimum atomic E-state index is -0.0643. The van der Waals surface area contributed by atoms with Crippen molar-refractivity contribution in [3.8, 4) is 5.69 Å². The number of halogens is 1. The molecule has 0 radical (unpaired) electrons. The number of benzene rings is 1. The molecule has 0 aliphatic carbocycles. The summed E-state index contributed by atoms with van der Waals surface area (Å²) >= 11 is 5.54. The number of ketones is 1. The van der Waals surface area contributed by atoms with Gasteiger partial charge in [-0.25, -0.2) is 0 Å². The Labute approximate surface area is 93.1 Å². The third-order valence-electron chi connectivity index (χ3n) is 2.19. The molecule has 15 heavy (non-hydrogen) atoms. The summed E-state index contributed by atoms with van der Waals surface area (Å²) < 4.78 is 1.84. The van der Waals surface area contributed by atoms with Crippen LogP contribution in [0.15, 0.2) is 48.7 Å². The monoisotopic (exact) mass is 219 g/mol. The normalized spacial score (nSPS) is 10.2. The van der Waals surface area contributed by atoms with E-state index in [9.17, 15) is 4.79 Å². The fraction of sp³-hybridized carbons (Fsp3) is 0.0833. The van der Waals surface area contributed by atoms with E-state index < -0.39 is 0 Å². The number of Topliss-reactive ketones (excluding diaryl/α,β-unsaturated/α-hetero) is 1. The highest BCUT2D eigenvalue weighted by molar-refractivity contribution is 6.30. The maximum Gasteiger partial charge on any atom is 0.194 e. The van der Waals surface area contributed by atoms with Gasteiger partial charge in [0.15, 0.2) is 5.78 Å². The maximum atomic E-state index is 11.5. The number of aromatic nitrogens is 1. The Hall–Kier alpha value is -1.54. The minimum absolute atomic E-state index is 0.0108. The number of alkyl halides is 1. The molecule has 1 aromatic heterocycles. The molecule has 0 aliphatic rings. The molecular weight excluding hydrogens is 210 g/mol. The lowest BCUT2D eigenvalue weighted by Crippen LogP contribution is -2.07. The number of nitrogens with zero attached hydrogens (tertiary/aromatic N) is 1. The molecule has 0 spiro atoms. The van der Waals surface area contributed by atoms with Crippen molar-refractivity contribution in [1.82, 2.24) is 4.57 Å². The van der Waals surface area contributed by atoms with Crippen molar-refractivity contribution in [1.29, 1.82) is 0 Å². The molecule has 1 aromatic carbocycles. The van der Waals surface area contributed by atoms with Gasteiger partial charge in [0.25, 0.3) is 0 Å². The fourth-order valence-corrected chi connectivity index (χ4v) is 1.63. The molecule has 0 fully saturated rings. The van der Waals surface area contributed by atoms with Gasteiger partial charge in [0.2, 0.25) is 0 Å². The summed E-state index contributed by atoms with van der Waals surface area (Å²) in [6.07, 6.45) is 1.86. The lowest BCUT2D eigenvalue weighted by Gasteiger charge is -2.06. The lowest BCUT2D eigenvalue weighted by atomic mass is 10.3. The third kappa shape index (κ3) is 1.95. The van der Waals surface area contributed by atoms with Crippen molar-refractivity contribution in [3.05, 3.63) is 54.4 Å². The Bertz CT molecular complexity index is 461. The number of carbonyl (C=O) groups excluding carboxylic acids is 1. The van der Waals surface area contributed by atoms with Gasteiger partial charge >= 0.3 is 0 Å². The molecule has 2 nitrogen and oxygen atoms in total. The molecule has 2 aromatic rings. The zero-order chi connectivity index (χ0) is 10.7. The van der Waals surface area contributed by atoms with Crippen LogP contribution in [-0.4, -0.2) is 16.2 Å². The molecule has 0 saturated carbocycles. The highest BCUT2D eigenvalue weighted by Crippen LogP contribution is 2.13. The van der Waals surface area contributed by atoms with E-state index in [2.05, 4.69) is 0 Å². The molecule has 0 saturated heterocycles. The SMILES string of the molecule is O=C(CCl)c1cccn1-c1ccccc1. The molecule has 0 bridgehead atoms. The van der Waals surface area contributed by atoms with Crippen molar-refractivity contribution in [2.75, 3.05) is 5.88 Å². The summed E-state index contributed by atoms with van der Waals surface area (Å²) in [6, 6.07) is 13.3. The van der Waals surface area contributed by atoms with Gasteiger partial charge in [0.1, 0.15) is 0 Å². The van der Waals surface area contributed by atoms with Crippen LogP contribution < -0.4 is 0 Å². The Morgan fingerprint density at radius 2 is 1.87 bits per heavy atom. The van der Waals surface area contributed by atoms with Crippen molar-refractivity contribution < 1.29 is 4.79 Å². The predicted octanol–water partition coefficient (Wildman–Crippen LogP) is 2.90. The standard InChI is InChI=1S/C12H10ClNO/c13-9-12(15)11-7-4-8-14(11)10-5-2-1-3-6-10/h1-8H,9H2. The number of hydrogen-bond donors (Lipinski definition) is 0. The second-order valence-corrected chi connectivity index (χ2v) is 3.42. The first-order valence-electron chi connectivity index (χ1n) is 4.65. The molecular formula is C12H10ClNO. The number of rotatable bonds is 3. The quantitative estimate of drug-likeness (QED) is 0.575. The van der Waals surface area contributed by atoms with Gasteiger partial charge in [-0.15, -0.1) is 11.6 Å². The number of hydrogen-bond acceptors (Lipinski definition) is 1. The van der Waals surface area contributed by atoms with Gasteiger partial charge < -0.3 is 4.57 Å². The third-order valence-corrected chi connectivity index (χ3v) is 2.43. The second kappa shape index (κ2) is 4.32. The van der Waals surface area contributed by atoms with Crippen LogP contribution in [0.2, 0.25) is 0 Å². The Kier molecular flexibility index (Phi) is 2.88. The van der Waals surface area contributed by atoms with Gasteiger partial charge in [0, 0.05) is 11.9 Å². The molecule has 0 N–H and O–H groups in total. The molecule has 0 atom stereocenters. The van der Waals surface area contributed by atoms with E-state index >= 15 is 0 Å². The summed E-state index contributed by atoms with van der Waals surface area (Å²) in [5, 5.41) is 0. The fourth-order valence-electron chi connectivity index (χ4n) is 1.49. The van der Waals surface area contributed by atoms with E-state index in [-0.39, 0.29) is 11.7 Å². The molecule has 1 heterocycles. The van der Waals surface area contributed by atoms with Gasteiger partial charge in [-0.3, -0.25) is 4.79 Å². The Morgan fingerprint density at radius 3 is 2.53 bits per heavy atom. The van der Waals surface area contributed by atoms with Crippen LogP contribution in [0.25, 0.3) is 5.69 Å². The topological polar surface area (TPSA) is 22.0 Å². The highest BCUT2D eigenvalue weighted by Gasteiger charge is 2.09. The van der Waals surface area contributed by atoms with Crippen LogP contribution in [0.4, 0.5) is 0 Å². The summed E-state index contributed by atoms with van der Waals surface area (Å²) in [5.41, 5.74) is 1.59. The lowest BCUT2D eigenvalue weighted by molar-refractivity contribution is 0.101. The molecule has 76 valence electrons. The van der Waals surface area contributed by atoms with Crippen molar-refractivity contribution in [2.24, 2.45) is 0 Å². The van der Waals surface area contributed by atoms with E-state index in [1.807, 2.05) is 47.2 Å².